The lowest BCUT2D eigenvalue weighted by molar-refractivity contribution is 0.858. The molecular formula is C17H19N3S. The third-order valence-corrected chi connectivity index (χ3v) is 4.35. The van der Waals surface area contributed by atoms with Crippen LogP contribution in [0.15, 0.2) is 36.4 Å². The van der Waals surface area contributed by atoms with Crippen molar-refractivity contribution in [2.24, 2.45) is 0 Å². The number of fused-ring (bicyclic) bond motifs is 1. The fourth-order valence-electron chi connectivity index (χ4n) is 2.43. The van der Waals surface area contributed by atoms with E-state index >= 15 is 0 Å². The van der Waals surface area contributed by atoms with Gasteiger partial charge in [0.15, 0.2) is 0 Å². The molecule has 0 bridgehead atoms. The molecule has 0 spiro atoms. The molecule has 0 aliphatic carbocycles. The number of thiophene rings is 1. The Morgan fingerprint density at radius 2 is 1.90 bits per heavy atom. The van der Waals surface area contributed by atoms with Crippen molar-refractivity contribution >= 4 is 27.4 Å². The van der Waals surface area contributed by atoms with Gasteiger partial charge in [0.05, 0.1) is 5.39 Å². The van der Waals surface area contributed by atoms with Crippen LogP contribution in [0.5, 0.6) is 0 Å². The highest BCUT2D eigenvalue weighted by Crippen LogP contribution is 2.28. The average molecular weight is 297 g/mol. The highest BCUT2D eigenvalue weighted by molar-refractivity contribution is 7.18. The maximum Gasteiger partial charge on any atom is 0.138 e. The Bertz CT molecular complexity index is 734. The molecule has 3 nitrogen and oxygen atoms in total. The first-order valence-electron chi connectivity index (χ1n) is 7.25. The Hall–Kier alpha value is -1.94. The van der Waals surface area contributed by atoms with Gasteiger partial charge in [0, 0.05) is 11.4 Å². The van der Waals surface area contributed by atoms with Crippen molar-refractivity contribution in [3.05, 3.63) is 52.7 Å². The van der Waals surface area contributed by atoms with Gasteiger partial charge < -0.3 is 5.32 Å². The lowest BCUT2D eigenvalue weighted by Gasteiger charge is -2.07. The molecule has 0 saturated heterocycles. The summed E-state index contributed by atoms with van der Waals surface area (Å²) in [5, 5.41) is 4.61. The first kappa shape index (κ1) is 14.0. The summed E-state index contributed by atoms with van der Waals surface area (Å²) in [4.78, 5) is 11.4. The van der Waals surface area contributed by atoms with Crippen molar-refractivity contribution in [3.63, 3.8) is 0 Å². The largest absolute Gasteiger partial charge is 0.369 e. The van der Waals surface area contributed by atoms with Crippen molar-refractivity contribution in [3.8, 4) is 0 Å². The van der Waals surface area contributed by atoms with E-state index in [9.17, 15) is 0 Å². The minimum atomic E-state index is 0.829. The summed E-state index contributed by atoms with van der Waals surface area (Å²) in [6.45, 7) is 4.99. The number of rotatable bonds is 5. The number of aryl methyl sites for hydroxylation is 3. The number of hydrogen-bond donors (Lipinski definition) is 1. The average Bonchev–Trinajstić information content (AvgIpc) is 2.84. The highest BCUT2D eigenvalue weighted by atomic mass is 32.1. The van der Waals surface area contributed by atoms with E-state index in [0.717, 1.165) is 41.2 Å². The van der Waals surface area contributed by atoms with Crippen LogP contribution in [-0.2, 0) is 6.42 Å². The zero-order valence-corrected chi connectivity index (χ0v) is 13.2. The van der Waals surface area contributed by atoms with Gasteiger partial charge in [-0.1, -0.05) is 30.3 Å². The molecule has 2 heterocycles. The van der Waals surface area contributed by atoms with Crippen molar-refractivity contribution in [1.82, 2.24) is 9.97 Å². The quantitative estimate of drug-likeness (QED) is 0.711. The van der Waals surface area contributed by atoms with Crippen LogP contribution in [-0.4, -0.2) is 16.5 Å². The molecule has 0 atom stereocenters. The summed E-state index contributed by atoms with van der Waals surface area (Å²) < 4.78 is 0. The first-order chi connectivity index (χ1) is 10.2. The molecule has 4 heteroatoms. The van der Waals surface area contributed by atoms with Crippen LogP contribution in [0.4, 0.5) is 5.82 Å². The second-order valence-corrected chi connectivity index (χ2v) is 6.45. The lowest BCUT2D eigenvalue weighted by Crippen LogP contribution is -2.06. The zero-order valence-electron chi connectivity index (χ0n) is 12.4. The molecule has 0 aliphatic heterocycles. The molecule has 0 amide bonds. The molecule has 0 saturated carbocycles. The van der Waals surface area contributed by atoms with Crippen molar-refractivity contribution in [1.29, 1.82) is 0 Å². The normalized spacial score (nSPS) is 11.0. The van der Waals surface area contributed by atoms with Crippen molar-refractivity contribution < 1.29 is 0 Å². The smallest absolute Gasteiger partial charge is 0.138 e. The van der Waals surface area contributed by atoms with Gasteiger partial charge in [0.2, 0.25) is 0 Å². The van der Waals surface area contributed by atoms with Gasteiger partial charge in [-0.25, -0.2) is 9.97 Å². The second kappa shape index (κ2) is 6.22. The molecule has 3 rings (SSSR count). The van der Waals surface area contributed by atoms with E-state index in [0.29, 0.717) is 0 Å². The summed E-state index contributed by atoms with van der Waals surface area (Å²) >= 11 is 1.73. The maximum absolute atomic E-state index is 4.54. The van der Waals surface area contributed by atoms with Gasteiger partial charge in [-0.3, -0.25) is 0 Å². The minimum absolute atomic E-state index is 0.829. The van der Waals surface area contributed by atoms with Gasteiger partial charge in [-0.2, -0.15) is 0 Å². The second-order valence-electron chi connectivity index (χ2n) is 5.21. The van der Waals surface area contributed by atoms with E-state index in [-0.39, 0.29) is 0 Å². The number of benzene rings is 1. The standard InChI is InChI=1S/C17H19N3S/c1-12-11-15-16(19-13(2)20-17(15)21-12)18-10-6-9-14-7-4-3-5-8-14/h3-5,7-8,11H,6,9-10H2,1-2H3,(H,18,19,20). The number of hydrogen-bond acceptors (Lipinski definition) is 4. The summed E-state index contributed by atoms with van der Waals surface area (Å²) in [6, 6.07) is 12.8. The van der Waals surface area contributed by atoms with Crippen molar-refractivity contribution in [2.75, 3.05) is 11.9 Å². The molecule has 0 radical (unpaired) electrons. The van der Waals surface area contributed by atoms with Crippen LogP contribution >= 0.6 is 11.3 Å². The Morgan fingerprint density at radius 3 is 2.71 bits per heavy atom. The van der Waals surface area contributed by atoms with Crippen LogP contribution in [0.1, 0.15) is 22.7 Å². The molecule has 0 fully saturated rings. The van der Waals surface area contributed by atoms with Crippen molar-refractivity contribution in [2.45, 2.75) is 26.7 Å². The topological polar surface area (TPSA) is 37.8 Å². The van der Waals surface area contributed by atoms with E-state index in [4.69, 9.17) is 0 Å². The fourth-order valence-corrected chi connectivity index (χ4v) is 3.35. The predicted octanol–water partition coefficient (Wildman–Crippen LogP) is 4.35. The van der Waals surface area contributed by atoms with Crippen LogP contribution in [0, 0.1) is 13.8 Å². The summed E-state index contributed by atoms with van der Waals surface area (Å²) in [6.07, 6.45) is 2.18. The van der Waals surface area contributed by atoms with E-state index in [1.54, 1.807) is 11.3 Å². The number of nitrogens with zero attached hydrogens (tertiary/aromatic N) is 2. The summed E-state index contributed by atoms with van der Waals surface area (Å²) in [5.41, 5.74) is 1.38. The summed E-state index contributed by atoms with van der Waals surface area (Å²) in [7, 11) is 0. The predicted molar refractivity (Wildman–Crippen MR) is 90.1 cm³/mol. The zero-order chi connectivity index (χ0) is 14.7. The highest BCUT2D eigenvalue weighted by Gasteiger charge is 2.08. The SMILES string of the molecule is Cc1nc(NCCCc2ccccc2)c2cc(C)sc2n1. The van der Waals surface area contributed by atoms with Gasteiger partial charge in [0.25, 0.3) is 0 Å². The fraction of sp³-hybridized carbons (Fsp3) is 0.294. The van der Waals surface area contributed by atoms with Crippen LogP contribution in [0.3, 0.4) is 0 Å². The van der Waals surface area contributed by atoms with Crippen LogP contribution < -0.4 is 5.32 Å². The molecule has 21 heavy (non-hydrogen) atoms. The number of anilines is 1. The molecule has 0 unspecified atom stereocenters. The van der Waals surface area contributed by atoms with Gasteiger partial charge in [0.1, 0.15) is 16.5 Å². The minimum Gasteiger partial charge on any atom is -0.369 e. The Kier molecular flexibility index (Phi) is 4.15. The number of aromatic nitrogens is 2. The molecule has 1 aromatic carbocycles. The van der Waals surface area contributed by atoms with Gasteiger partial charge >= 0.3 is 0 Å². The third kappa shape index (κ3) is 3.39. The van der Waals surface area contributed by atoms with Gasteiger partial charge in [-0.05, 0) is 38.3 Å². The van der Waals surface area contributed by atoms with E-state index in [1.807, 2.05) is 6.92 Å². The molecule has 3 aromatic rings. The Balaban J connectivity index is 1.65. The van der Waals surface area contributed by atoms with E-state index < -0.39 is 0 Å². The maximum atomic E-state index is 4.54. The van der Waals surface area contributed by atoms with E-state index in [1.165, 1.54) is 10.4 Å². The molecule has 1 N–H and O–H groups in total. The molecule has 0 aliphatic rings. The lowest BCUT2D eigenvalue weighted by atomic mass is 10.1. The van der Waals surface area contributed by atoms with Crippen LogP contribution in [0.2, 0.25) is 0 Å². The molecule has 2 aromatic heterocycles. The van der Waals surface area contributed by atoms with Crippen LogP contribution in [0.25, 0.3) is 10.2 Å². The Morgan fingerprint density at radius 1 is 1.10 bits per heavy atom. The molecule has 108 valence electrons. The monoisotopic (exact) mass is 297 g/mol. The Labute approximate surface area is 129 Å². The molecular weight excluding hydrogens is 278 g/mol. The summed E-state index contributed by atoms with van der Waals surface area (Å²) in [5.74, 6) is 1.80. The van der Waals surface area contributed by atoms with E-state index in [2.05, 4.69) is 58.6 Å². The third-order valence-electron chi connectivity index (χ3n) is 3.41. The van der Waals surface area contributed by atoms with Gasteiger partial charge in [-0.15, -0.1) is 11.3 Å². The first-order valence-corrected chi connectivity index (χ1v) is 8.06. The number of nitrogens with one attached hydrogen (secondary N) is 1.